The van der Waals surface area contributed by atoms with E-state index in [0.717, 1.165) is 45.9 Å². The standard InChI is InChI=1S/C48H51F3N12O4/c1-52-36-23-41(57-63-40(25-54-43(36)63)44(65)55-35-22-33(35)49)61-15-9-31-30(4-3-5-37(31)61)34-7-6-28(24-53-34)26-59-17-11-47(48(50,51)27-59)12-18-60(19-13-47)45(66)29-20-38-32(8-14-58(38)2)39(21-29)62-16-10-42(64)56-46(62)67/h3-7,20-21,23-25,33,35,52H,8-19,22,26-27H2,1-2H3,(H,55,65)(H,56,64,67)/t33-,35+/m0/s1. The van der Waals surface area contributed by atoms with Crippen molar-refractivity contribution in [2.45, 2.75) is 69.6 Å². The molecule has 3 N–H and O–H groups in total. The minimum atomic E-state index is -2.97. The fourth-order valence-corrected chi connectivity index (χ4v) is 10.8. The first-order chi connectivity index (χ1) is 32.3. The number of hydrogen-bond acceptors (Lipinski definition) is 11. The molecule has 0 bridgehead atoms. The van der Waals surface area contributed by atoms with Crippen molar-refractivity contribution in [2.24, 2.45) is 5.41 Å². The molecule has 0 unspecified atom stereocenters. The minimum Gasteiger partial charge on any atom is -0.385 e. The van der Waals surface area contributed by atoms with Crippen LogP contribution in [0.25, 0.3) is 16.9 Å². The molecule has 16 nitrogen and oxygen atoms in total. The van der Waals surface area contributed by atoms with Crippen LogP contribution in [0.1, 0.15) is 69.6 Å². The van der Waals surface area contributed by atoms with Crippen LogP contribution in [0.15, 0.2) is 60.9 Å². The SMILES string of the molecule is CNc1cc(N2CCc3c(-c4ccc(CN5CCC6(CCN(C(=O)c7cc8c(c(N9CCC(=O)NC9=O)c7)CCN8C)CC6)C(F)(F)C5)cn4)cccc32)nn2c(C(=O)N[C@@H]3C[C@@H]3F)cnc12. The van der Waals surface area contributed by atoms with Gasteiger partial charge in [0.05, 0.1) is 35.9 Å². The van der Waals surface area contributed by atoms with Crippen LogP contribution in [0, 0.1) is 5.41 Å². The summed E-state index contributed by atoms with van der Waals surface area (Å²) in [5, 5.41) is 13.1. The van der Waals surface area contributed by atoms with Gasteiger partial charge in [-0.2, -0.15) is 0 Å². The van der Waals surface area contributed by atoms with Crippen LogP contribution in [-0.4, -0.2) is 131 Å². The molecule has 5 amide bonds. The topological polar surface area (TPSA) is 164 Å². The van der Waals surface area contributed by atoms with Crippen LogP contribution >= 0.6 is 0 Å². The highest BCUT2D eigenvalue weighted by atomic mass is 19.3. The van der Waals surface area contributed by atoms with Crippen molar-refractivity contribution in [1.29, 1.82) is 0 Å². The number of rotatable bonds is 9. The largest absolute Gasteiger partial charge is 0.385 e. The molecule has 8 heterocycles. The molecule has 348 valence electrons. The van der Waals surface area contributed by atoms with Crippen LogP contribution in [0.4, 0.5) is 46.5 Å². The number of alkyl halides is 3. The number of likely N-dealkylation sites (tertiary alicyclic amines) is 2. The predicted octanol–water partition coefficient (Wildman–Crippen LogP) is 5.57. The van der Waals surface area contributed by atoms with E-state index < -0.39 is 35.5 Å². The molecule has 67 heavy (non-hydrogen) atoms. The molecule has 5 aromatic rings. The van der Waals surface area contributed by atoms with E-state index in [-0.39, 0.29) is 62.9 Å². The Labute approximate surface area is 384 Å². The number of imidazole rings is 1. The lowest BCUT2D eigenvalue weighted by atomic mass is 9.68. The van der Waals surface area contributed by atoms with Gasteiger partial charge in [0.15, 0.2) is 17.2 Å². The molecule has 0 radical (unpaired) electrons. The van der Waals surface area contributed by atoms with Gasteiger partial charge in [0, 0.05) is 112 Å². The highest BCUT2D eigenvalue weighted by Gasteiger charge is 2.57. The zero-order valence-electron chi connectivity index (χ0n) is 37.3. The molecule has 2 atom stereocenters. The first kappa shape index (κ1) is 42.8. The van der Waals surface area contributed by atoms with E-state index in [1.165, 1.54) is 15.6 Å². The smallest absolute Gasteiger partial charge is 0.328 e. The van der Waals surface area contributed by atoms with Crippen LogP contribution in [-0.2, 0) is 24.2 Å². The Morgan fingerprint density at radius 3 is 2.36 bits per heavy atom. The van der Waals surface area contributed by atoms with Crippen molar-refractivity contribution in [2.75, 3.05) is 79.9 Å². The quantitative estimate of drug-likeness (QED) is 0.170. The minimum absolute atomic E-state index is 0.163. The summed E-state index contributed by atoms with van der Waals surface area (Å²) in [7, 11) is 3.71. The Balaban J connectivity index is 0.743. The maximum Gasteiger partial charge on any atom is 0.328 e. The molecule has 1 spiro atoms. The van der Waals surface area contributed by atoms with Gasteiger partial charge < -0.3 is 25.3 Å². The second-order valence-corrected chi connectivity index (χ2v) is 18.8. The Morgan fingerprint density at radius 1 is 0.866 bits per heavy atom. The van der Waals surface area contributed by atoms with Crippen molar-refractivity contribution in [3.05, 3.63) is 88.9 Å². The number of aromatic nitrogens is 4. The molecule has 3 aromatic heterocycles. The third-order valence-corrected chi connectivity index (χ3v) is 14.8. The number of piperidine rings is 2. The first-order valence-electron chi connectivity index (χ1n) is 23.0. The van der Waals surface area contributed by atoms with Gasteiger partial charge in [-0.15, -0.1) is 5.10 Å². The second kappa shape index (κ2) is 16.2. The number of urea groups is 1. The Bertz CT molecular complexity index is 2850. The molecule has 2 aromatic carbocycles. The number of nitrogens with zero attached hydrogens (tertiary/aromatic N) is 9. The van der Waals surface area contributed by atoms with Crippen LogP contribution in [0.2, 0.25) is 0 Å². The normalized spacial score (nSPS) is 22.0. The number of fused-ring (bicyclic) bond motifs is 3. The highest BCUT2D eigenvalue weighted by molar-refractivity contribution is 6.07. The summed E-state index contributed by atoms with van der Waals surface area (Å²) in [6.45, 7) is 2.42. The highest BCUT2D eigenvalue weighted by Crippen LogP contribution is 2.51. The number of carbonyl (C=O) groups is 4. The number of anilines is 5. The molecule has 1 saturated carbocycles. The van der Waals surface area contributed by atoms with E-state index in [2.05, 4.69) is 25.8 Å². The summed E-state index contributed by atoms with van der Waals surface area (Å²) in [6.07, 6.45) is 4.74. The zero-order valence-corrected chi connectivity index (χ0v) is 37.3. The molecular weight excluding hydrogens is 866 g/mol. The van der Waals surface area contributed by atoms with E-state index in [9.17, 15) is 23.6 Å². The molecule has 19 heteroatoms. The Morgan fingerprint density at radius 2 is 1.63 bits per heavy atom. The van der Waals surface area contributed by atoms with E-state index in [1.54, 1.807) is 29.1 Å². The van der Waals surface area contributed by atoms with Gasteiger partial charge >= 0.3 is 6.03 Å². The summed E-state index contributed by atoms with van der Waals surface area (Å²) < 4.78 is 47.8. The number of amides is 5. The number of imide groups is 1. The van der Waals surface area contributed by atoms with Gasteiger partial charge in [0.25, 0.3) is 17.7 Å². The number of halogens is 3. The van der Waals surface area contributed by atoms with E-state index in [1.807, 2.05) is 54.4 Å². The lowest BCUT2D eigenvalue weighted by molar-refractivity contribution is -0.186. The van der Waals surface area contributed by atoms with Crippen LogP contribution in [0.3, 0.4) is 0 Å². The van der Waals surface area contributed by atoms with Crippen molar-refractivity contribution in [1.82, 2.24) is 40.0 Å². The Hall–Kier alpha value is -6.76. The third-order valence-electron chi connectivity index (χ3n) is 14.8. The molecule has 5 aliphatic heterocycles. The molecule has 6 aliphatic rings. The number of nitrogens with one attached hydrogen (secondary N) is 3. The van der Waals surface area contributed by atoms with E-state index in [0.29, 0.717) is 73.7 Å². The molecule has 4 fully saturated rings. The van der Waals surface area contributed by atoms with Gasteiger partial charge in [-0.1, -0.05) is 18.2 Å². The monoisotopic (exact) mass is 916 g/mol. The number of carbonyl (C=O) groups excluding carboxylic acids is 4. The maximum atomic E-state index is 16.4. The fourth-order valence-electron chi connectivity index (χ4n) is 10.8. The van der Waals surface area contributed by atoms with Crippen LogP contribution < -0.4 is 30.7 Å². The fraction of sp³-hybridized carbons (Fsp3) is 0.438. The van der Waals surface area contributed by atoms with Crippen molar-refractivity contribution in [3.8, 4) is 11.3 Å². The number of pyridine rings is 1. The first-order valence-corrected chi connectivity index (χ1v) is 23.0. The third kappa shape index (κ3) is 7.47. The molecule has 3 saturated heterocycles. The Kier molecular flexibility index (Phi) is 10.4. The molecule has 11 rings (SSSR count). The molecule has 1 aliphatic carbocycles. The van der Waals surface area contributed by atoms with E-state index >= 15 is 8.78 Å². The van der Waals surface area contributed by atoms with Gasteiger partial charge in [-0.05, 0) is 74.0 Å². The van der Waals surface area contributed by atoms with Crippen molar-refractivity contribution >= 4 is 58.0 Å². The van der Waals surface area contributed by atoms with Crippen molar-refractivity contribution < 1.29 is 32.3 Å². The molecular formula is C48H51F3N12O4. The van der Waals surface area contributed by atoms with E-state index in [4.69, 9.17) is 10.1 Å². The predicted molar refractivity (Wildman–Crippen MR) is 245 cm³/mol. The number of likely N-dealkylation sites (N-methyl/N-ethyl adjacent to an activating group) is 1. The van der Waals surface area contributed by atoms with Crippen molar-refractivity contribution in [3.63, 3.8) is 0 Å². The summed E-state index contributed by atoms with van der Waals surface area (Å²) >= 11 is 0. The van der Waals surface area contributed by atoms with Crippen LogP contribution in [0.5, 0.6) is 0 Å². The maximum absolute atomic E-state index is 16.4. The second-order valence-electron chi connectivity index (χ2n) is 18.8. The number of hydrogen-bond donors (Lipinski definition) is 3. The lowest BCUT2D eigenvalue weighted by Gasteiger charge is -2.51. The summed E-state index contributed by atoms with van der Waals surface area (Å²) in [5.74, 6) is -3.38. The lowest BCUT2D eigenvalue weighted by Crippen LogP contribution is -2.59. The zero-order chi connectivity index (χ0) is 46.4. The average Bonchev–Trinajstić information content (AvgIpc) is 3.65. The summed E-state index contributed by atoms with van der Waals surface area (Å²) in [4.78, 5) is 70.2. The van der Waals surface area contributed by atoms with Gasteiger partial charge in [0.2, 0.25) is 5.91 Å². The van der Waals surface area contributed by atoms with Gasteiger partial charge in [-0.3, -0.25) is 34.5 Å². The summed E-state index contributed by atoms with van der Waals surface area (Å²) in [5.41, 5.74) is 7.58. The summed E-state index contributed by atoms with van der Waals surface area (Å²) in [6, 6.07) is 14.4. The number of benzene rings is 2. The van der Waals surface area contributed by atoms with Gasteiger partial charge in [-0.25, -0.2) is 27.5 Å². The average molecular weight is 917 g/mol. The van der Waals surface area contributed by atoms with Gasteiger partial charge in [0.1, 0.15) is 6.17 Å².